The van der Waals surface area contributed by atoms with Gasteiger partial charge in [0, 0.05) is 6.54 Å². The molecule has 1 fully saturated rings. The molecule has 18 heavy (non-hydrogen) atoms. The Hall–Kier alpha value is -0.350. The summed E-state index contributed by atoms with van der Waals surface area (Å²) in [5.74, 6) is 0. The standard InChI is InChI=1S/C14H24BrN3/c1-4-18-12(11(15)10-17-18)13(16-3)14(2)8-6-5-7-9-14/h10,13,16H,4-9H2,1-3H3. The minimum absolute atomic E-state index is 0.350. The first-order valence-corrected chi connectivity index (χ1v) is 7.80. The van der Waals surface area contributed by atoms with E-state index in [0.717, 1.165) is 11.0 Å². The molecule has 2 rings (SSSR count). The molecule has 3 nitrogen and oxygen atoms in total. The van der Waals surface area contributed by atoms with Crippen LogP contribution in [0.15, 0.2) is 10.7 Å². The molecule has 0 saturated heterocycles. The summed E-state index contributed by atoms with van der Waals surface area (Å²) in [6.45, 7) is 5.50. The number of nitrogens with zero attached hydrogens (tertiary/aromatic N) is 2. The third-order valence-corrected chi connectivity index (χ3v) is 5.00. The summed E-state index contributed by atoms with van der Waals surface area (Å²) in [5.41, 5.74) is 1.66. The highest BCUT2D eigenvalue weighted by Crippen LogP contribution is 2.46. The molecule has 0 aliphatic heterocycles. The molecule has 1 unspecified atom stereocenters. The highest BCUT2D eigenvalue weighted by molar-refractivity contribution is 9.10. The largest absolute Gasteiger partial charge is 0.311 e. The maximum Gasteiger partial charge on any atom is 0.0701 e. The molecule has 0 spiro atoms. The lowest BCUT2D eigenvalue weighted by Crippen LogP contribution is -2.37. The third kappa shape index (κ3) is 2.50. The molecule has 1 N–H and O–H groups in total. The zero-order valence-electron chi connectivity index (χ0n) is 11.7. The van der Waals surface area contributed by atoms with Crippen molar-refractivity contribution in [3.63, 3.8) is 0 Å². The summed E-state index contributed by atoms with van der Waals surface area (Å²) in [5, 5.41) is 8.00. The van der Waals surface area contributed by atoms with Gasteiger partial charge in [0.05, 0.1) is 22.4 Å². The quantitative estimate of drug-likeness (QED) is 0.913. The molecule has 0 radical (unpaired) electrons. The first-order valence-electron chi connectivity index (χ1n) is 7.01. The molecule has 1 aliphatic rings. The Balaban J connectivity index is 2.34. The van der Waals surface area contributed by atoms with E-state index in [0.29, 0.717) is 11.5 Å². The number of aryl methyl sites for hydroxylation is 1. The predicted octanol–water partition coefficient (Wildman–Crippen LogP) is 3.90. The summed E-state index contributed by atoms with van der Waals surface area (Å²) in [4.78, 5) is 0. The number of rotatable bonds is 4. The molecule has 1 aromatic rings. The van der Waals surface area contributed by atoms with Crippen LogP contribution in [0.1, 0.15) is 57.7 Å². The van der Waals surface area contributed by atoms with Crippen LogP contribution in [0.5, 0.6) is 0 Å². The molecule has 0 bridgehead atoms. The molecular formula is C14H24BrN3. The van der Waals surface area contributed by atoms with Crippen LogP contribution in [0, 0.1) is 5.41 Å². The Morgan fingerprint density at radius 2 is 2.11 bits per heavy atom. The lowest BCUT2D eigenvalue weighted by atomic mass is 9.69. The Labute approximate surface area is 118 Å². The van der Waals surface area contributed by atoms with Crippen molar-refractivity contribution in [2.24, 2.45) is 5.41 Å². The van der Waals surface area contributed by atoms with Crippen molar-refractivity contribution in [1.82, 2.24) is 15.1 Å². The summed E-state index contributed by atoms with van der Waals surface area (Å²) in [7, 11) is 2.07. The van der Waals surface area contributed by atoms with Crippen molar-refractivity contribution in [1.29, 1.82) is 0 Å². The van der Waals surface area contributed by atoms with Crippen LogP contribution in [-0.4, -0.2) is 16.8 Å². The van der Waals surface area contributed by atoms with Gasteiger partial charge in [0.15, 0.2) is 0 Å². The van der Waals surface area contributed by atoms with Crippen LogP contribution in [0.4, 0.5) is 0 Å². The second-order valence-electron chi connectivity index (χ2n) is 5.63. The van der Waals surface area contributed by atoms with E-state index in [1.165, 1.54) is 37.8 Å². The zero-order valence-corrected chi connectivity index (χ0v) is 13.3. The first-order chi connectivity index (χ1) is 8.62. The minimum Gasteiger partial charge on any atom is -0.311 e. The van der Waals surface area contributed by atoms with Gasteiger partial charge in [-0.3, -0.25) is 4.68 Å². The van der Waals surface area contributed by atoms with Crippen LogP contribution in [0.2, 0.25) is 0 Å². The minimum atomic E-state index is 0.350. The van der Waals surface area contributed by atoms with E-state index in [-0.39, 0.29) is 0 Å². The molecular weight excluding hydrogens is 290 g/mol. The van der Waals surface area contributed by atoms with Gasteiger partial charge in [-0.15, -0.1) is 0 Å². The molecule has 102 valence electrons. The molecule has 4 heteroatoms. The van der Waals surface area contributed by atoms with Gasteiger partial charge in [-0.25, -0.2) is 0 Å². The van der Waals surface area contributed by atoms with Crippen LogP contribution >= 0.6 is 15.9 Å². The van der Waals surface area contributed by atoms with Crippen LogP contribution < -0.4 is 5.32 Å². The second kappa shape index (κ2) is 5.74. The summed E-state index contributed by atoms with van der Waals surface area (Å²) >= 11 is 3.67. The highest BCUT2D eigenvalue weighted by atomic mass is 79.9. The third-order valence-electron chi connectivity index (χ3n) is 4.39. The number of hydrogen-bond acceptors (Lipinski definition) is 2. The van der Waals surface area contributed by atoms with Crippen molar-refractivity contribution < 1.29 is 0 Å². The topological polar surface area (TPSA) is 29.9 Å². The van der Waals surface area contributed by atoms with E-state index >= 15 is 0 Å². The molecule has 1 aliphatic carbocycles. The normalized spacial score (nSPS) is 20.9. The van der Waals surface area contributed by atoms with Gasteiger partial charge in [-0.05, 0) is 48.2 Å². The van der Waals surface area contributed by atoms with Crippen LogP contribution in [0.3, 0.4) is 0 Å². The Morgan fingerprint density at radius 3 is 2.67 bits per heavy atom. The Morgan fingerprint density at radius 1 is 1.44 bits per heavy atom. The predicted molar refractivity (Wildman–Crippen MR) is 78.6 cm³/mol. The van der Waals surface area contributed by atoms with E-state index in [1.54, 1.807) is 0 Å². The van der Waals surface area contributed by atoms with Crippen molar-refractivity contribution in [3.05, 3.63) is 16.4 Å². The lowest BCUT2D eigenvalue weighted by Gasteiger charge is -2.41. The molecule has 1 saturated carbocycles. The second-order valence-corrected chi connectivity index (χ2v) is 6.48. The average molecular weight is 314 g/mol. The molecule has 1 aromatic heterocycles. The van der Waals surface area contributed by atoms with E-state index in [1.807, 2.05) is 6.20 Å². The number of aromatic nitrogens is 2. The fourth-order valence-corrected chi connectivity index (χ4v) is 3.90. The van der Waals surface area contributed by atoms with Gasteiger partial charge in [0.2, 0.25) is 0 Å². The van der Waals surface area contributed by atoms with Gasteiger partial charge >= 0.3 is 0 Å². The fourth-order valence-electron chi connectivity index (χ4n) is 3.37. The van der Waals surface area contributed by atoms with E-state index in [4.69, 9.17) is 0 Å². The number of halogens is 1. The summed E-state index contributed by atoms with van der Waals surface area (Å²) in [6.07, 6.45) is 8.63. The van der Waals surface area contributed by atoms with Gasteiger partial charge in [-0.2, -0.15) is 5.10 Å². The van der Waals surface area contributed by atoms with Crippen molar-refractivity contribution in [2.45, 2.75) is 58.5 Å². The van der Waals surface area contributed by atoms with Crippen molar-refractivity contribution in [2.75, 3.05) is 7.05 Å². The van der Waals surface area contributed by atoms with Gasteiger partial charge in [-0.1, -0.05) is 26.2 Å². The van der Waals surface area contributed by atoms with Gasteiger partial charge < -0.3 is 5.32 Å². The lowest BCUT2D eigenvalue weighted by molar-refractivity contribution is 0.144. The number of nitrogens with one attached hydrogen (secondary N) is 1. The summed E-state index contributed by atoms with van der Waals surface area (Å²) < 4.78 is 3.25. The van der Waals surface area contributed by atoms with Crippen molar-refractivity contribution in [3.8, 4) is 0 Å². The average Bonchev–Trinajstić information content (AvgIpc) is 2.73. The monoisotopic (exact) mass is 313 g/mol. The number of hydrogen-bond donors (Lipinski definition) is 1. The Kier molecular flexibility index (Phi) is 4.49. The molecule has 0 aromatic carbocycles. The first kappa shape index (κ1) is 14.1. The van der Waals surface area contributed by atoms with E-state index < -0.39 is 0 Å². The summed E-state index contributed by atoms with van der Waals surface area (Å²) in [6, 6.07) is 0.384. The van der Waals surface area contributed by atoms with Gasteiger partial charge in [0.1, 0.15) is 0 Å². The zero-order chi connectivity index (χ0) is 13.2. The smallest absolute Gasteiger partial charge is 0.0701 e. The van der Waals surface area contributed by atoms with E-state index in [2.05, 4.69) is 51.9 Å². The van der Waals surface area contributed by atoms with E-state index in [9.17, 15) is 0 Å². The van der Waals surface area contributed by atoms with Gasteiger partial charge in [0.25, 0.3) is 0 Å². The molecule has 1 heterocycles. The molecule has 0 amide bonds. The van der Waals surface area contributed by atoms with Crippen molar-refractivity contribution >= 4 is 15.9 Å². The Bertz CT molecular complexity index is 394. The fraction of sp³-hybridized carbons (Fsp3) is 0.786. The molecule has 1 atom stereocenters. The van der Waals surface area contributed by atoms with Crippen LogP contribution in [0.25, 0.3) is 0 Å². The highest BCUT2D eigenvalue weighted by Gasteiger charge is 2.38. The SMILES string of the molecule is CCn1ncc(Br)c1C(NC)C1(C)CCCCC1. The maximum absolute atomic E-state index is 4.46. The van der Waals surface area contributed by atoms with Crippen LogP contribution in [-0.2, 0) is 6.54 Å². The maximum atomic E-state index is 4.46.